The van der Waals surface area contributed by atoms with E-state index in [0.717, 1.165) is 10.1 Å². The number of carbonyl (C=O) groups excluding carboxylic acids is 1. The average molecular weight is 313 g/mol. The molecule has 6 heteroatoms. The number of para-hydroxylation sites is 1. The molecule has 3 rings (SSSR count). The topological polar surface area (TPSA) is 76.4 Å². The van der Waals surface area contributed by atoms with Crippen molar-refractivity contribution in [2.24, 2.45) is 0 Å². The molecule has 0 fully saturated rings. The van der Waals surface area contributed by atoms with E-state index in [9.17, 15) is 14.4 Å². The highest BCUT2D eigenvalue weighted by molar-refractivity contribution is 7.08. The predicted molar refractivity (Wildman–Crippen MR) is 83.8 cm³/mol. The summed E-state index contributed by atoms with van der Waals surface area (Å²) in [6.45, 7) is 0. The van der Waals surface area contributed by atoms with E-state index >= 15 is 0 Å². The first-order chi connectivity index (χ1) is 10.6. The maximum absolute atomic E-state index is 12.5. The van der Waals surface area contributed by atoms with E-state index < -0.39 is 23.0 Å². The van der Waals surface area contributed by atoms with Gasteiger partial charge in [0, 0.05) is 0 Å². The molecule has 0 aliphatic rings. The van der Waals surface area contributed by atoms with Gasteiger partial charge in [-0.05, 0) is 39.9 Å². The van der Waals surface area contributed by atoms with Gasteiger partial charge >= 0.3 is 5.97 Å². The van der Waals surface area contributed by atoms with Gasteiger partial charge in [0.2, 0.25) is 5.91 Å². The number of carbonyl (C=O) groups is 2. The first-order valence-electron chi connectivity index (χ1n) is 6.50. The maximum Gasteiger partial charge on any atom is 0.341 e. The quantitative estimate of drug-likeness (QED) is 0.806. The Labute approximate surface area is 129 Å². The largest absolute Gasteiger partial charge is 0.477 e. The number of carboxylic acid groups (broad SMARTS) is 1. The Kier molecular flexibility index (Phi) is 3.60. The Hall–Kier alpha value is -2.73. The highest BCUT2D eigenvalue weighted by atomic mass is 32.1. The Bertz CT molecular complexity index is 925. The van der Waals surface area contributed by atoms with E-state index in [4.69, 9.17) is 5.11 Å². The minimum Gasteiger partial charge on any atom is -0.477 e. The monoisotopic (exact) mass is 313 g/mol. The Morgan fingerprint density at radius 2 is 1.95 bits per heavy atom. The molecule has 0 aliphatic heterocycles. The zero-order valence-corrected chi connectivity index (χ0v) is 12.2. The maximum atomic E-state index is 12.5. The third kappa shape index (κ3) is 2.44. The number of rotatable bonds is 3. The third-order valence-electron chi connectivity index (χ3n) is 3.33. The Morgan fingerprint density at radius 3 is 2.64 bits per heavy atom. The number of hydrogen-bond acceptors (Lipinski definition) is 4. The SMILES string of the molecule is O=C(O)c1cc2ccccc2n(C(=O)Cc2ccsc2)c1=O. The number of carboxylic acids is 1. The van der Waals surface area contributed by atoms with Crippen LogP contribution in [0.3, 0.4) is 0 Å². The van der Waals surface area contributed by atoms with Crippen LogP contribution < -0.4 is 5.56 Å². The molecule has 0 unspecified atom stereocenters. The van der Waals surface area contributed by atoms with Crippen molar-refractivity contribution in [2.45, 2.75) is 6.42 Å². The molecule has 0 spiro atoms. The minimum atomic E-state index is -1.34. The van der Waals surface area contributed by atoms with Crippen LogP contribution in [0.2, 0.25) is 0 Å². The van der Waals surface area contributed by atoms with Gasteiger partial charge in [0.05, 0.1) is 11.9 Å². The second kappa shape index (κ2) is 5.57. The molecule has 3 aromatic rings. The molecule has 1 N–H and O–H groups in total. The van der Waals surface area contributed by atoms with Crippen molar-refractivity contribution < 1.29 is 14.7 Å². The molecule has 0 aliphatic carbocycles. The summed E-state index contributed by atoms with van der Waals surface area (Å²) >= 11 is 1.46. The molecular weight excluding hydrogens is 302 g/mol. The van der Waals surface area contributed by atoms with Crippen molar-refractivity contribution >= 4 is 34.1 Å². The average Bonchev–Trinajstić information content (AvgIpc) is 2.99. The van der Waals surface area contributed by atoms with E-state index in [0.29, 0.717) is 10.9 Å². The Morgan fingerprint density at radius 1 is 1.18 bits per heavy atom. The number of nitrogens with zero attached hydrogens (tertiary/aromatic N) is 1. The van der Waals surface area contributed by atoms with Crippen LogP contribution in [0.25, 0.3) is 10.9 Å². The third-order valence-corrected chi connectivity index (χ3v) is 4.06. The lowest BCUT2D eigenvalue weighted by atomic mass is 10.1. The predicted octanol–water partition coefficient (Wildman–Crippen LogP) is 2.64. The fourth-order valence-corrected chi connectivity index (χ4v) is 2.98. The van der Waals surface area contributed by atoms with Crippen molar-refractivity contribution in [1.29, 1.82) is 0 Å². The number of hydrogen-bond donors (Lipinski definition) is 1. The first-order valence-corrected chi connectivity index (χ1v) is 7.44. The lowest BCUT2D eigenvalue weighted by molar-refractivity contribution is 0.0694. The lowest BCUT2D eigenvalue weighted by Gasteiger charge is -2.10. The standard InChI is InChI=1S/C16H11NO4S/c18-14(7-10-5-6-22-9-10)17-13-4-2-1-3-11(13)8-12(15(17)19)16(20)21/h1-6,8-9H,7H2,(H,20,21). The summed E-state index contributed by atoms with van der Waals surface area (Å²) in [5, 5.41) is 13.4. The van der Waals surface area contributed by atoms with Crippen molar-refractivity contribution in [2.75, 3.05) is 0 Å². The Balaban J connectivity index is 2.22. The highest BCUT2D eigenvalue weighted by Crippen LogP contribution is 2.15. The van der Waals surface area contributed by atoms with Crippen molar-refractivity contribution in [3.8, 4) is 0 Å². The number of thiophene rings is 1. The van der Waals surface area contributed by atoms with Crippen LogP contribution in [0.15, 0.2) is 52.0 Å². The molecule has 0 bridgehead atoms. The summed E-state index contributed by atoms with van der Waals surface area (Å²) in [7, 11) is 0. The van der Waals surface area contributed by atoms with Gasteiger partial charge < -0.3 is 5.11 Å². The fraction of sp³-hybridized carbons (Fsp3) is 0.0625. The molecule has 0 radical (unpaired) electrons. The van der Waals surface area contributed by atoms with E-state index in [1.54, 1.807) is 30.3 Å². The summed E-state index contributed by atoms with van der Waals surface area (Å²) in [5.74, 6) is -1.78. The molecule has 110 valence electrons. The molecule has 0 atom stereocenters. The van der Waals surface area contributed by atoms with E-state index in [1.807, 2.05) is 10.8 Å². The summed E-state index contributed by atoms with van der Waals surface area (Å²) in [6.07, 6.45) is 0.0521. The van der Waals surface area contributed by atoms with E-state index in [1.165, 1.54) is 17.4 Å². The van der Waals surface area contributed by atoms with Gasteiger partial charge in [-0.2, -0.15) is 11.3 Å². The molecular formula is C16H11NO4S. The number of fused-ring (bicyclic) bond motifs is 1. The normalized spacial score (nSPS) is 10.7. The molecule has 1 aromatic carbocycles. The van der Waals surface area contributed by atoms with Crippen molar-refractivity contribution in [3.05, 3.63) is 68.6 Å². The number of aromatic carboxylic acids is 1. The van der Waals surface area contributed by atoms with Gasteiger partial charge in [-0.15, -0.1) is 0 Å². The van der Waals surface area contributed by atoms with Crippen LogP contribution in [0.4, 0.5) is 0 Å². The summed E-state index contributed by atoms with van der Waals surface area (Å²) in [5.41, 5.74) is 0.00763. The second-order valence-electron chi connectivity index (χ2n) is 4.76. The van der Waals surface area contributed by atoms with Crippen molar-refractivity contribution in [3.63, 3.8) is 0 Å². The van der Waals surface area contributed by atoms with E-state index in [2.05, 4.69) is 0 Å². The highest BCUT2D eigenvalue weighted by Gasteiger charge is 2.19. The van der Waals surface area contributed by atoms with Crippen LogP contribution in [0.5, 0.6) is 0 Å². The minimum absolute atomic E-state index is 0.0521. The van der Waals surface area contributed by atoms with Gasteiger partial charge in [0.25, 0.3) is 5.56 Å². The van der Waals surface area contributed by atoms with Crippen LogP contribution in [0, 0.1) is 0 Å². The van der Waals surface area contributed by atoms with Gasteiger partial charge in [0.15, 0.2) is 0 Å². The summed E-state index contributed by atoms with van der Waals surface area (Å²) < 4.78 is 0.955. The summed E-state index contributed by atoms with van der Waals surface area (Å²) in [4.78, 5) is 36.1. The van der Waals surface area contributed by atoms with Crippen LogP contribution in [0.1, 0.15) is 20.7 Å². The van der Waals surface area contributed by atoms with Gasteiger partial charge in [-0.3, -0.25) is 9.59 Å². The number of pyridine rings is 1. The van der Waals surface area contributed by atoms with Gasteiger partial charge in [0.1, 0.15) is 5.56 Å². The molecule has 2 heterocycles. The van der Waals surface area contributed by atoms with Crippen LogP contribution in [-0.4, -0.2) is 21.6 Å². The van der Waals surface area contributed by atoms with Gasteiger partial charge in [-0.25, -0.2) is 9.36 Å². The molecule has 0 amide bonds. The second-order valence-corrected chi connectivity index (χ2v) is 5.54. The zero-order chi connectivity index (χ0) is 15.7. The first kappa shape index (κ1) is 14.2. The zero-order valence-electron chi connectivity index (χ0n) is 11.4. The summed E-state index contributed by atoms with van der Waals surface area (Å²) in [6, 6.07) is 9.84. The van der Waals surface area contributed by atoms with E-state index in [-0.39, 0.29) is 6.42 Å². The van der Waals surface area contributed by atoms with Crippen LogP contribution >= 0.6 is 11.3 Å². The molecule has 5 nitrogen and oxygen atoms in total. The molecule has 0 saturated carbocycles. The number of aromatic nitrogens is 1. The van der Waals surface area contributed by atoms with Gasteiger partial charge in [-0.1, -0.05) is 18.2 Å². The fourth-order valence-electron chi connectivity index (χ4n) is 2.31. The molecule has 22 heavy (non-hydrogen) atoms. The smallest absolute Gasteiger partial charge is 0.341 e. The molecule has 2 aromatic heterocycles. The number of benzene rings is 1. The lowest BCUT2D eigenvalue weighted by Crippen LogP contribution is -2.32. The van der Waals surface area contributed by atoms with Crippen LogP contribution in [-0.2, 0) is 6.42 Å². The molecule has 0 saturated heterocycles. The van der Waals surface area contributed by atoms with Crippen molar-refractivity contribution in [1.82, 2.24) is 4.57 Å².